The molecule has 1 heterocycles. The normalized spacial score (nSPS) is 12.7. The zero-order valence-electron chi connectivity index (χ0n) is 9.15. The molecule has 0 aliphatic rings. The molecule has 0 radical (unpaired) electrons. The van der Waals surface area contributed by atoms with Gasteiger partial charge in [0.2, 0.25) is 5.89 Å². The first-order valence-corrected chi connectivity index (χ1v) is 5.96. The average molecular weight is 300 g/mol. The van der Waals surface area contributed by atoms with E-state index in [1.54, 1.807) is 12.1 Å². The molecule has 0 spiro atoms. The predicted molar refractivity (Wildman–Crippen MR) is 64.6 cm³/mol. The molecule has 1 aromatic carbocycles. The number of nitrogens with zero attached hydrogens (tertiary/aromatic N) is 2. The number of hydrogen-bond donors (Lipinski definition) is 1. The number of benzene rings is 1. The van der Waals surface area contributed by atoms with E-state index in [-0.39, 0.29) is 17.5 Å². The van der Waals surface area contributed by atoms with E-state index >= 15 is 0 Å². The Morgan fingerprint density at radius 1 is 1.47 bits per heavy atom. The van der Waals surface area contributed by atoms with E-state index in [0.717, 1.165) is 0 Å². The minimum Gasteiger partial charge on any atom is -0.419 e. The molecule has 0 saturated carbocycles. The fraction of sp³-hybridized carbons (Fsp3) is 0.273. The fourth-order valence-corrected chi connectivity index (χ4v) is 1.87. The summed E-state index contributed by atoms with van der Waals surface area (Å²) in [6.45, 7) is 1.91. The molecule has 0 aliphatic heterocycles. The molecule has 17 heavy (non-hydrogen) atoms. The Kier molecular flexibility index (Phi) is 3.54. The van der Waals surface area contributed by atoms with E-state index in [2.05, 4.69) is 26.1 Å². The van der Waals surface area contributed by atoms with Gasteiger partial charge in [-0.25, -0.2) is 4.39 Å². The van der Waals surface area contributed by atoms with Crippen molar-refractivity contribution in [2.24, 2.45) is 5.73 Å². The van der Waals surface area contributed by atoms with E-state index in [1.165, 1.54) is 6.07 Å². The Morgan fingerprint density at radius 2 is 2.24 bits per heavy atom. The molecule has 4 nitrogen and oxygen atoms in total. The van der Waals surface area contributed by atoms with Gasteiger partial charge in [0.05, 0.1) is 11.6 Å². The summed E-state index contributed by atoms with van der Waals surface area (Å²) in [5, 5.41) is 7.63. The van der Waals surface area contributed by atoms with Gasteiger partial charge in [0, 0.05) is 4.47 Å². The summed E-state index contributed by atoms with van der Waals surface area (Å²) < 4.78 is 19.6. The van der Waals surface area contributed by atoms with Crippen LogP contribution < -0.4 is 5.73 Å². The monoisotopic (exact) mass is 299 g/mol. The van der Waals surface area contributed by atoms with Crippen LogP contribution in [0.15, 0.2) is 27.1 Å². The maximum absolute atomic E-state index is 13.6. The molecule has 2 aromatic rings. The molecule has 0 bridgehead atoms. The number of aromatic nitrogens is 2. The van der Waals surface area contributed by atoms with Crippen molar-refractivity contribution in [2.45, 2.75) is 19.4 Å². The van der Waals surface area contributed by atoms with Crippen molar-refractivity contribution < 1.29 is 8.81 Å². The molecule has 2 N–H and O–H groups in total. The second-order valence-corrected chi connectivity index (χ2v) is 4.41. The molecule has 0 saturated heterocycles. The van der Waals surface area contributed by atoms with Gasteiger partial charge in [0.25, 0.3) is 5.89 Å². The van der Waals surface area contributed by atoms with E-state index in [4.69, 9.17) is 10.2 Å². The van der Waals surface area contributed by atoms with Crippen molar-refractivity contribution in [1.29, 1.82) is 0 Å². The van der Waals surface area contributed by atoms with E-state index in [0.29, 0.717) is 16.8 Å². The van der Waals surface area contributed by atoms with Crippen molar-refractivity contribution in [3.05, 3.63) is 34.4 Å². The molecular formula is C11H11BrFN3O. The van der Waals surface area contributed by atoms with Crippen LogP contribution in [0.4, 0.5) is 4.39 Å². The number of halogens is 2. The van der Waals surface area contributed by atoms with Crippen LogP contribution in [0.5, 0.6) is 0 Å². The zero-order chi connectivity index (χ0) is 12.4. The summed E-state index contributed by atoms with van der Waals surface area (Å²) in [5.41, 5.74) is 6.02. The van der Waals surface area contributed by atoms with Crippen LogP contribution >= 0.6 is 15.9 Å². The van der Waals surface area contributed by atoms with Gasteiger partial charge in [-0.15, -0.1) is 10.2 Å². The Bertz CT molecular complexity index is 509. The third-order valence-corrected chi connectivity index (χ3v) is 3.04. The minimum atomic E-state index is -0.417. The maximum Gasteiger partial charge on any atom is 0.251 e. The molecule has 1 aromatic heterocycles. The third kappa shape index (κ3) is 2.37. The third-order valence-electron chi connectivity index (χ3n) is 2.37. The van der Waals surface area contributed by atoms with E-state index < -0.39 is 5.82 Å². The van der Waals surface area contributed by atoms with Crippen molar-refractivity contribution >= 4 is 15.9 Å². The minimum absolute atomic E-state index is 0.133. The highest BCUT2D eigenvalue weighted by molar-refractivity contribution is 9.10. The highest BCUT2D eigenvalue weighted by Crippen LogP contribution is 2.30. The van der Waals surface area contributed by atoms with Crippen LogP contribution in [0.3, 0.4) is 0 Å². The lowest BCUT2D eigenvalue weighted by atomic mass is 10.2. The molecule has 6 heteroatoms. The SMILES string of the molecule is CCC(N)c1nnc(-c2c(F)cccc2Br)o1. The molecule has 90 valence electrons. The summed E-state index contributed by atoms with van der Waals surface area (Å²) >= 11 is 3.25. The smallest absolute Gasteiger partial charge is 0.251 e. The van der Waals surface area contributed by atoms with Crippen LogP contribution in [-0.4, -0.2) is 10.2 Å². The Labute approximate surface area is 106 Å². The van der Waals surface area contributed by atoms with Gasteiger partial charge in [0.15, 0.2) is 0 Å². The van der Waals surface area contributed by atoms with Crippen LogP contribution in [0.25, 0.3) is 11.5 Å². The number of hydrogen-bond acceptors (Lipinski definition) is 4. The highest BCUT2D eigenvalue weighted by Gasteiger charge is 2.18. The molecular weight excluding hydrogens is 289 g/mol. The average Bonchev–Trinajstić information content (AvgIpc) is 2.77. The molecule has 1 unspecified atom stereocenters. The van der Waals surface area contributed by atoms with Crippen LogP contribution in [0.2, 0.25) is 0 Å². The topological polar surface area (TPSA) is 64.9 Å². The Morgan fingerprint density at radius 3 is 2.88 bits per heavy atom. The van der Waals surface area contributed by atoms with Gasteiger partial charge in [-0.3, -0.25) is 0 Å². The lowest BCUT2D eigenvalue weighted by Crippen LogP contribution is -2.08. The summed E-state index contributed by atoms with van der Waals surface area (Å²) in [7, 11) is 0. The Hall–Kier alpha value is -1.27. The molecule has 0 aliphatic carbocycles. The first-order valence-electron chi connectivity index (χ1n) is 5.16. The van der Waals surface area contributed by atoms with Crippen LogP contribution in [-0.2, 0) is 0 Å². The lowest BCUT2D eigenvalue weighted by molar-refractivity contribution is 0.450. The van der Waals surface area contributed by atoms with Crippen molar-refractivity contribution in [3.8, 4) is 11.5 Å². The van der Waals surface area contributed by atoms with Crippen molar-refractivity contribution in [2.75, 3.05) is 0 Å². The highest BCUT2D eigenvalue weighted by atomic mass is 79.9. The van der Waals surface area contributed by atoms with Gasteiger partial charge < -0.3 is 10.2 Å². The zero-order valence-corrected chi connectivity index (χ0v) is 10.7. The van der Waals surface area contributed by atoms with Gasteiger partial charge in [-0.1, -0.05) is 13.0 Å². The first kappa shape index (κ1) is 12.2. The van der Waals surface area contributed by atoms with E-state index in [9.17, 15) is 4.39 Å². The molecule has 1 atom stereocenters. The maximum atomic E-state index is 13.6. The van der Waals surface area contributed by atoms with Crippen LogP contribution in [0, 0.1) is 5.82 Å². The molecule has 2 rings (SSSR count). The van der Waals surface area contributed by atoms with Crippen molar-refractivity contribution in [3.63, 3.8) is 0 Å². The summed E-state index contributed by atoms with van der Waals surface area (Å²) in [6, 6.07) is 4.32. The van der Waals surface area contributed by atoms with Gasteiger partial charge >= 0.3 is 0 Å². The second-order valence-electron chi connectivity index (χ2n) is 3.56. The molecule has 0 amide bonds. The van der Waals surface area contributed by atoms with Crippen molar-refractivity contribution in [1.82, 2.24) is 10.2 Å². The van der Waals surface area contributed by atoms with E-state index in [1.807, 2.05) is 6.92 Å². The first-order chi connectivity index (χ1) is 8.13. The lowest BCUT2D eigenvalue weighted by Gasteiger charge is -2.02. The standard InChI is InChI=1S/C11H11BrFN3O/c1-2-8(14)10-15-16-11(17-10)9-6(12)4-3-5-7(9)13/h3-5,8H,2,14H2,1H3. The fourth-order valence-electron chi connectivity index (χ4n) is 1.36. The predicted octanol–water partition coefficient (Wildman–Crippen LogP) is 3.05. The molecule has 0 fully saturated rings. The second kappa shape index (κ2) is 4.93. The number of nitrogens with two attached hydrogens (primary N) is 1. The Balaban J connectivity index is 2.44. The van der Waals surface area contributed by atoms with Gasteiger partial charge in [-0.2, -0.15) is 0 Å². The summed E-state index contributed by atoms with van der Waals surface area (Å²) in [5.74, 6) is 0.0335. The largest absolute Gasteiger partial charge is 0.419 e. The number of rotatable bonds is 3. The van der Waals surface area contributed by atoms with Gasteiger partial charge in [-0.05, 0) is 34.5 Å². The summed E-state index contributed by atoms with van der Waals surface area (Å²) in [6.07, 6.45) is 0.681. The van der Waals surface area contributed by atoms with Crippen LogP contribution in [0.1, 0.15) is 25.3 Å². The summed E-state index contributed by atoms with van der Waals surface area (Å²) in [4.78, 5) is 0. The quantitative estimate of drug-likeness (QED) is 0.946. The van der Waals surface area contributed by atoms with Gasteiger partial charge in [0.1, 0.15) is 5.82 Å².